The Balaban J connectivity index is 2.76. The number of rotatable bonds is 2. The number of piperazine rings is 1. The van der Waals surface area contributed by atoms with Gasteiger partial charge in [0.25, 0.3) is 0 Å². The van der Waals surface area contributed by atoms with Gasteiger partial charge in [-0.15, -0.1) is 0 Å². The van der Waals surface area contributed by atoms with Crippen molar-refractivity contribution in [2.24, 2.45) is 5.92 Å². The van der Waals surface area contributed by atoms with E-state index in [1.54, 1.807) is 18.7 Å². The molecule has 1 saturated heterocycles. The molecule has 0 aromatic rings. The molecule has 1 aliphatic heterocycles. The highest BCUT2D eigenvalue weighted by molar-refractivity contribution is 5.97. The van der Waals surface area contributed by atoms with Crippen LogP contribution in [0, 0.1) is 5.92 Å². The van der Waals surface area contributed by atoms with E-state index in [0.29, 0.717) is 12.5 Å². The normalized spacial score (nSPS) is 21.4. The van der Waals surface area contributed by atoms with Gasteiger partial charge in [0, 0.05) is 6.54 Å². The molecular formula is C10H18N2O2. The molecule has 14 heavy (non-hydrogen) atoms. The van der Waals surface area contributed by atoms with Crippen LogP contribution in [0.5, 0.6) is 0 Å². The maximum Gasteiger partial charge on any atom is 0.248 e. The van der Waals surface area contributed by atoms with Crippen molar-refractivity contribution in [1.29, 1.82) is 0 Å². The molecule has 2 amide bonds. The second-order valence-corrected chi connectivity index (χ2v) is 4.75. The van der Waals surface area contributed by atoms with Gasteiger partial charge in [-0.05, 0) is 19.8 Å². The maximum atomic E-state index is 11.8. The highest BCUT2D eigenvalue weighted by Gasteiger charge is 2.38. The minimum atomic E-state index is -0.746. The molecule has 0 aromatic carbocycles. The van der Waals surface area contributed by atoms with E-state index in [-0.39, 0.29) is 18.4 Å². The van der Waals surface area contributed by atoms with Crippen LogP contribution in [0.25, 0.3) is 0 Å². The summed E-state index contributed by atoms with van der Waals surface area (Å²) >= 11 is 0. The van der Waals surface area contributed by atoms with Crippen molar-refractivity contribution in [2.75, 3.05) is 13.1 Å². The first-order chi connectivity index (χ1) is 6.33. The molecule has 80 valence electrons. The molecule has 1 aliphatic rings. The van der Waals surface area contributed by atoms with Crippen LogP contribution in [0.15, 0.2) is 0 Å². The van der Waals surface area contributed by atoms with E-state index in [9.17, 15) is 9.59 Å². The monoisotopic (exact) mass is 198 g/mol. The largest absolute Gasteiger partial charge is 0.341 e. The lowest BCUT2D eigenvalue weighted by atomic mass is 9.99. The Labute approximate surface area is 84.7 Å². The predicted octanol–water partition coefficient (Wildman–Crippen LogP) is 0.379. The molecule has 4 heteroatoms. The van der Waals surface area contributed by atoms with Gasteiger partial charge in [0.2, 0.25) is 11.8 Å². The van der Waals surface area contributed by atoms with Crippen LogP contribution >= 0.6 is 0 Å². The molecule has 4 nitrogen and oxygen atoms in total. The Morgan fingerprint density at radius 1 is 1.43 bits per heavy atom. The van der Waals surface area contributed by atoms with E-state index in [1.807, 2.05) is 13.8 Å². The first-order valence-corrected chi connectivity index (χ1v) is 4.93. The smallest absolute Gasteiger partial charge is 0.248 e. The average Bonchev–Trinajstić information content (AvgIpc) is 1.97. The molecule has 0 atom stereocenters. The fraction of sp³-hybridized carbons (Fsp3) is 0.800. The highest BCUT2D eigenvalue weighted by atomic mass is 16.2. The zero-order valence-corrected chi connectivity index (χ0v) is 9.26. The van der Waals surface area contributed by atoms with E-state index in [0.717, 1.165) is 0 Å². The molecule has 0 aliphatic carbocycles. The minimum absolute atomic E-state index is 0.00537. The lowest BCUT2D eigenvalue weighted by Gasteiger charge is -2.38. The van der Waals surface area contributed by atoms with Crippen LogP contribution in [-0.2, 0) is 9.59 Å². The van der Waals surface area contributed by atoms with Gasteiger partial charge >= 0.3 is 0 Å². The van der Waals surface area contributed by atoms with E-state index < -0.39 is 5.54 Å². The van der Waals surface area contributed by atoms with Crippen LogP contribution < -0.4 is 5.32 Å². The number of carbonyl (C=O) groups is 2. The van der Waals surface area contributed by atoms with E-state index in [2.05, 4.69) is 5.32 Å². The molecule has 1 N–H and O–H groups in total. The van der Waals surface area contributed by atoms with Gasteiger partial charge in [-0.3, -0.25) is 9.59 Å². The van der Waals surface area contributed by atoms with Crippen molar-refractivity contribution >= 4 is 11.8 Å². The predicted molar refractivity (Wildman–Crippen MR) is 53.6 cm³/mol. The number of carbonyl (C=O) groups excluding carboxylic acids is 2. The SMILES string of the molecule is CC(C)CN1CC(=O)NC(C)(C)C1=O. The van der Waals surface area contributed by atoms with Crippen molar-refractivity contribution in [3.63, 3.8) is 0 Å². The summed E-state index contributed by atoms with van der Waals surface area (Å²) in [6.07, 6.45) is 0. The Bertz CT molecular complexity index is 259. The van der Waals surface area contributed by atoms with Crippen LogP contribution in [0.3, 0.4) is 0 Å². The van der Waals surface area contributed by atoms with Gasteiger partial charge in [0.15, 0.2) is 0 Å². The number of amides is 2. The summed E-state index contributed by atoms with van der Waals surface area (Å²) in [5, 5.41) is 2.68. The molecule has 1 heterocycles. The molecule has 0 saturated carbocycles. The van der Waals surface area contributed by atoms with Crippen LogP contribution in [-0.4, -0.2) is 35.3 Å². The Hall–Kier alpha value is -1.06. The van der Waals surface area contributed by atoms with Crippen molar-refractivity contribution < 1.29 is 9.59 Å². The van der Waals surface area contributed by atoms with Crippen LogP contribution in [0.2, 0.25) is 0 Å². The lowest BCUT2D eigenvalue weighted by molar-refractivity contribution is -0.148. The summed E-state index contributed by atoms with van der Waals surface area (Å²) in [7, 11) is 0. The maximum absolute atomic E-state index is 11.8. The van der Waals surface area contributed by atoms with Crippen LogP contribution in [0.4, 0.5) is 0 Å². The molecular weight excluding hydrogens is 180 g/mol. The minimum Gasteiger partial charge on any atom is -0.341 e. The van der Waals surface area contributed by atoms with Gasteiger partial charge < -0.3 is 10.2 Å². The Morgan fingerprint density at radius 2 is 2.00 bits per heavy atom. The van der Waals surface area contributed by atoms with E-state index in [1.165, 1.54) is 0 Å². The lowest BCUT2D eigenvalue weighted by Crippen LogP contribution is -2.64. The number of nitrogens with zero attached hydrogens (tertiary/aromatic N) is 1. The first-order valence-electron chi connectivity index (χ1n) is 4.93. The van der Waals surface area contributed by atoms with Gasteiger partial charge in [-0.1, -0.05) is 13.8 Å². The quantitative estimate of drug-likeness (QED) is 0.697. The zero-order valence-electron chi connectivity index (χ0n) is 9.26. The summed E-state index contributed by atoms with van der Waals surface area (Å²) in [4.78, 5) is 24.8. The second-order valence-electron chi connectivity index (χ2n) is 4.75. The Morgan fingerprint density at radius 3 is 2.50 bits per heavy atom. The van der Waals surface area contributed by atoms with Crippen molar-refractivity contribution in [1.82, 2.24) is 10.2 Å². The summed E-state index contributed by atoms with van der Waals surface area (Å²) in [5.41, 5.74) is -0.746. The first kappa shape index (κ1) is 11.0. The third kappa shape index (κ3) is 2.25. The van der Waals surface area contributed by atoms with Gasteiger partial charge in [0.05, 0.1) is 6.54 Å². The molecule has 0 radical (unpaired) electrons. The van der Waals surface area contributed by atoms with Crippen molar-refractivity contribution in [3.05, 3.63) is 0 Å². The molecule has 1 rings (SSSR count). The average molecular weight is 198 g/mol. The summed E-state index contributed by atoms with van der Waals surface area (Å²) in [6, 6.07) is 0. The zero-order chi connectivity index (χ0) is 10.9. The second kappa shape index (κ2) is 3.59. The van der Waals surface area contributed by atoms with Gasteiger partial charge in [0.1, 0.15) is 5.54 Å². The molecule has 0 bridgehead atoms. The van der Waals surface area contributed by atoms with Crippen molar-refractivity contribution in [2.45, 2.75) is 33.2 Å². The molecule has 0 spiro atoms. The summed E-state index contributed by atoms with van der Waals surface area (Å²) in [5.74, 6) is 0.321. The standard InChI is InChI=1S/C10H18N2O2/c1-7(2)5-12-6-8(13)11-10(3,4)9(12)14/h7H,5-6H2,1-4H3,(H,11,13). The number of hydrogen-bond acceptors (Lipinski definition) is 2. The third-order valence-electron chi connectivity index (χ3n) is 2.19. The van der Waals surface area contributed by atoms with Crippen LogP contribution in [0.1, 0.15) is 27.7 Å². The third-order valence-corrected chi connectivity index (χ3v) is 2.19. The highest BCUT2D eigenvalue weighted by Crippen LogP contribution is 2.14. The molecule has 1 fully saturated rings. The fourth-order valence-corrected chi connectivity index (χ4v) is 1.67. The fourth-order valence-electron chi connectivity index (χ4n) is 1.67. The van der Waals surface area contributed by atoms with Crippen molar-refractivity contribution in [3.8, 4) is 0 Å². The molecule has 0 aromatic heterocycles. The number of hydrogen-bond donors (Lipinski definition) is 1. The molecule has 0 unspecified atom stereocenters. The summed E-state index contributed by atoms with van der Waals surface area (Å²) < 4.78 is 0. The van der Waals surface area contributed by atoms with E-state index in [4.69, 9.17) is 0 Å². The van der Waals surface area contributed by atoms with Gasteiger partial charge in [-0.2, -0.15) is 0 Å². The Kier molecular flexibility index (Phi) is 2.83. The van der Waals surface area contributed by atoms with E-state index >= 15 is 0 Å². The topological polar surface area (TPSA) is 49.4 Å². The number of nitrogens with one attached hydrogen (secondary N) is 1. The summed E-state index contributed by atoms with van der Waals surface area (Å²) in [6.45, 7) is 8.38. The van der Waals surface area contributed by atoms with Gasteiger partial charge in [-0.25, -0.2) is 0 Å².